The minimum atomic E-state index is 0.727. The molecule has 2 N–H and O–H groups in total. The molecule has 0 fully saturated rings. The third kappa shape index (κ3) is 4.19. The van der Waals surface area contributed by atoms with Crippen LogP contribution >= 0.6 is 0 Å². The van der Waals surface area contributed by atoms with Crippen molar-refractivity contribution in [3.05, 3.63) is 59.9 Å². The predicted octanol–water partition coefficient (Wildman–Crippen LogP) is 3.10. The van der Waals surface area contributed by atoms with Gasteiger partial charge in [-0.3, -0.25) is 0 Å². The minimum absolute atomic E-state index is 0.727. The monoisotopic (exact) mass is 199 g/mol. The highest BCUT2D eigenvalue weighted by Gasteiger charge is 2.01. The van der Waals surface area contributed by atoms with E-state index in [0.29, 0.717) is 0 Å². The van der Waals surface area contributed by atoms with Gasteiger partial charge in [0.2, 0.25) is 0 Å². The van der Waals surface area contributed by atoms with Crippen LogP contribution in [0.15, 0.2) is 59.9 Å². The van der Waals surface area contributed by atoms with Crippen LogP contribution < -0.4 is 5.73 Å². The Labute approximate surface area is 92.4 Å². The molecule has 0 rings (SSSR count). The molecular weight excluding hydrogens is 182 g/mol. The normalized spacial score (nSPS) is 13.3. The Balaban J connectivity index is 5.11. The molecule has 1 heteroatoms. The van der Waals surface area contributed by atoms with Crippen LogP contribution in [-0.2, 0) is 0 Å². The van der Waals surface area contributed by atoms with Crippen LogP contribution in [0.25, 0.3) is 0 Å². The van der Waals surface area contributed by atoms with Gasteiger partial charge >= 0.3 is 0 Å². The summed E-state index contributed by atoms with van der Waals surface area (Å²) >= 11 is 0. The van der Waals surface area contributed by atoms with Crippen LogP contribution in [0.4, 0.5) is 0 Å². The first-order valence-electron chi connectivity index (χ1n) is 4.65. The van der Waals surface area contributed by atoms with E-state index in [1.54, 1.807) is 12.2 Å². The van der Waals surface area contributed by atoms with Crippen LogP contribution in [-0.4, -0.2) is 0 Å². The first kappa shape index (κ1) is 13.1. The van der Waals surface area contributed by atoms with E-state index in [9.17, 15) is 0 Å². The van der Waals surface area contributed by atoms with Crippen LogP contribution in [0.3, 0.4) is 0 Å². The number of allylic oxidation sites excluding steroid dienone is 8. The van der Waals surface area contributed by atoms with Crippen LogP contribution in [0.2, 0.25) is 0 Å². The summed E-state index contributed by atoms with van der Waals surface area (Å²) in [6, 6.07) is 0. The van der Waals surface area contributed by atoms with Gasteiger partial charge in [-0.15, -0.1) is 6.42 Å². The summed E-state index contributed by atoms with van der Waals surface area (Å²) in [5.41, 5.74) is 8.69. The lowest BCUT2D eigenvalue weighted by atomic mass is 9.99. The maximum Gasteiger partial charge on any atom is 0.0272 e. The summed E-state index contributed by atoms with van der Waals surface area (Å²) in [5.74, 6) is 2.57. The number of hydrogen-bond donors (Lipinski definition) is 1. The Morgan fingerprint density at radius 2 is 2.00 bits per heavy atom. The third-order valence-corrected chi connectivity index (χ3v) is 1.86. The van der Waals surface area contributed by atoms with E-state index in [1.165, 1.54) is 0 Å². The second kappa shape index (κ2) is 6.50. The van der Waals surface area contributed by atoms with Gasteiger partial charge in [0.1, 0.15) is 0 Å². The summed E-state index contributed by atoms with van der Waals surface area (Å²) < 4.78 is 0. The van der Waals surface area contributed by atoms with Crippen molar-refractivity contribution in [2.45, 2.75) is 13.8 Å². The van der Waals surface area contributed by atoms with Gasteiger partial charge in [0.25, 0.3) is 0 Å². The Hall–Kier alpha value is -1.94. The summed E-state index contributed by atoms with van der Waals surface area (Å²) in [6.07, 6.45) is 12.6. The number of nitrogens with two attached hydrogens (primary N) is 1. The number of rotatable bonds is 4. The highest BCUT2D eigenvalue weighted by atomic mass is 14.5. The molecule has 0 saturated carbocycles. The van der Waals surface area contributed by atoms with E-state index in [0.717, 1.165) is 22.4 Å². The molecule has 78 valence electrons. The first-order chi connectivity index (χ1) is 7.06. The van der Waals surface area contributed by atoms with E-state index in [2.05, 4.69) is 19.1 Å². The van der Waals surface area contributed by atoms with Gasteiger partial charge in [-0.2, -0.15) is 0 Å². The summed E-state index contributed by atoms with van der Waals surface area (Å²) in [5, 5.41) is 0. The van der Waals surface area contributed by atoms with Crippen molar-refractivity contribution in [2.24, 2.45) is 5.73 Å². The standard InChI is InChI=1S/C14H17N/c1-6-13(7-2)12(5)14(8-3)10-9-11(4)15/h1,7-10H,3,5,15H2,2,4H3/b11-9-,13-7-,14-10+. The smallest absolute Gasteiger partial charge is 0.0272 e. The Kier molecular flexibility index (Phi) is 5.66. The third-order valence-electron chi connectivity index (χ3n) is 1.86. The Morgan fingerprint density at radius 1 is 1.40 bits per heavy atom. The van der Waals surface area contributed by atoms with E-state index in [4.69, 9.17) is 12.2 Å². The molecular formula is C14H17N. The maximum absolute atomic E-state index is 5.53. The molecule has 0 heterocycles. The fraction of sp³-hybridized carbons (Fsp3) is 0.143. The zero-order chi connectivity index (χ0) is 11.8. The number of terminal acetylenes is 1. The lowest BCUT2D eigenvalue weighted by molar-refractivity contribution is 1.31. The lowest BCUT2D eigenvalue weighted by Gasteiger charge is -2.05. The van der Waals surface area contributed by atoms with Crippen molar-refractivity contribution in [1.82, 2.24) is 0 Å². The van der Waals surface area contributed by atoms with Crippen LogP contribution in [0.1, 0.15) is 13.8 Å². The number of hydrogen-bond acceptors (Lipinski definition) is 1. The maximum atomic E-state index is 5.53. The van der Waals surface area contributed by atoms with Crippen molar-refractivity contribution in [2.75, 3.05) is 0 Å². The summed E-state index contributed by atoms with van der Waals surface area (Å²) in [4.78, 5) is 0. The second-order valence-corrected chi connectivity index (χ2v) is 3.06. The highest BCUT2D eigenvalue weighted by Crippen LogP contribution is 2.17. The quantitative estimate of drug-likeness (QED) is 0.546. The molecule has 0 aromatic heterocycles. The summed E-state index contributed by atoms with van der Waals surface area (Å²) in [7, 11) is 0. The molecule has 0 aromatic rings. The van der Waals surface area contributed by atoms with Crippen molar-refractivity contribution < 1.29 is 0 Å². The molecule has 0 atom stereocenters. The molecule has 0 unspecified atom stereocenters. The van der Waals surface area contributed by atoms with Gasteiger partial charge < -0.3 is 5.73 Å². The average Bonchev–Trinajstić information content (AvgIpc) is 2.20. The summed E-state index contributed by atoms with van der Waals surface area (Å²) in [6.45, 7) is 11.3. The van der Waals surface area contributed by atoms with Crippen molar-refractivity contribution in [1.29, 1.82) is 0 Å². The molecule has 0 aromatic carbocycles. The van der Waals surface area contributed by atoms with E-state index in [-0.39, 0.29) is 0 Å². The van der Waals surface area contributed by atoms with Gasteiger partial charge in [-0.1, -0.05) is 37.3 Å². The fourth-order valence-electron chi connectivity index (χ4n) is 1.01. The van der Waals surface area contributed by atoms with Gasteiger partial charge in [0, 0.05) is 11.3 Å². The molecule has 1 nitrogen and oxygen atoms in total. The lowest BCUT2D eigenvalue weighted by Crippen LogP contribution is -1.91. The zero-order valence-corrected chi connectivity index (χ0v) is 9.38. The molecule has 0 radical (unpaired) electrons. The molecule has 0 amide bonds. The molecule has 0 saturated heterocycles. The van der Waals surface area contributed by atoms with Gasteiger partial charge in [-0.05, 0) is 31.1 Å². The topological polar surface area (TPSA) is 26.0 Å². The van der Waals surface area contributed by atoms with E-state index < -0.39 is 0 Å². The molecule has 0 bridgehead atoms. The Morgan fingerprint density at radius 3 is 2.33 bits per heavy atom. The van der Waals surface area contributed by atoms with E-state index >= 15 is 0 Å². The fourth-order valence-corrected chi connectivity index (χ4v) is 1.01. The largest absolute Gasteiger partial charge is 0.402 e. The highest BCUT2D eigenvalue weighted by molar-refractivity contribution is 5.57. The average molecular weight is 199 g/mol. The Bertz CT molecular complexity index is 380. The van der Waals surface area contributed by atoms with Crippen molar-refractivity contribution in [3.63, 3.8) is 0 Å². The molecule has 0 aliphatic heterocycles. The predicted molar refractivity (Wildman–Crippen MR) is 68.0 cm³/mol. The van der Waals surface area contributed by atoms with E-state index in [1.807, 2.05) is 26.0 Å². The van der Waals surface area contributed by atoms with Gasteiger partial charge in [0.15, 0.2) is 0 Å². The zero-order valence-electron chi connectivity index (χ0n) is 9.38. The van der Waals surface area contributed by atoms with Crippen molar-refractivity contribution in [3.8, 4) is 12.3 Å². The SMILES string of the molecule is C#C/C(=C/C)C(=C)/C(C=C)=C/C=C(/C)N. The molecule has 15 heavy (non-hydrogen) atoms. The van der Waals surface area contributed by atoms with Gasteiger partial charge in [0.05, 0.1) is 0 Å². The molecule has 0 aliphatic carbocycles. The van der Waals surface area contributed by atoms with Crippen LogP contribution in [0.5, 0.6) is 0 Å². The molecule has 0 aliphatic rings. The van der Waals surface area contributed by atoms with Crippen molar-refractivity contribution >= 4 is 0 Å². The van der Waals surface area contributed by atoms with Gasteiger partial charge in [-0.25, -0.2) is 0 Å². The van der Waals surface area contributed by atoms with Crippen LogP contribution in [0, 0.1) is 12.3 Å². The minimum Gasteiger partial charge on any atom is -0.402 e. The first-order valence-corrected chi connectivity index (χ1v) is 4.65. The molecule has 0 spiro atoms. The second-order valence-electron chi connectivity index (χ2n) is 3.06.